The van der Waals surface area contributed by atoms with Crippen molar-refractivity contribution in [3.63, 3.8) is 0 Å². The van der Waals surface area contributed by atoms with Gasteiger partial charge in [0.25, 0.3) is 0 Å². The molecule has 38 heavy (non-hydrogen) atoms. The first-order chi connectivity index (χ1) is 18.3. The van der Waals surface area contributed by atoms with Crippen LogP contribution in [0.1, 0.15) is 50.7 Å². The predicted octanol–water partition coefficient (Wildman–Crippen LogP) is 5.59. The molecule has 3 unspecified atom stereocenters. The van der Waals surface area contributed by atoms with Crippen LogP contribution in [0.25, 0.3) is 16.9 Å². The first kappa shape index (κ1) is 25.8. The lowest BCUT2D eigenvalue weighted by Gasteiger charge is -2.41. The Morgan fingerprint density at radius 3 is 2.47 bits per heavy atom. The van der Waals surface area contributed by atoms with Crippen LogP contribution in [0.2, 0.25) is 0 Å². The van der Waals surface area contributed by atoms with Crippen molar-refractivity contribution in [2.45, 2.75) is 46.0 Å². The van der Waals surface area contributed by atoms with Gasteiger partial charge < -0.3 is 20.3 Å². The highest BCUT2D eigenvalue weighted by molar-refractivity contribution is 6.22. The Morgan fingerprint density at radius 1 is 1.08 bits per heavy atom. The summed E-state index contributed by atoms with van der Waals surface area (Å²) >= 11 is 0. The molecule has 1 saturated carbocycles. The van der Waals surface area contributed by atoms with Crippen LogP contribution in [0.15, 0.2) is 53.3 Å². The van der Waals surface area contributed by atoms with Crippen LogP contribution in [0.3, 0.4) is 0 Å². The summed E-state index contributed by atoms with van der Waals surface area (Å²) in [5, 5.41) is 25.6. The number of carbonyl (C=O) groups is 3. The van der Waals surface area contributed by atoms with E-state index in [9.17, 15) is 24.6 Å². The van der Waals surface area contributed by atoms with E-state index in [1.54, 1.807) is 0 Å². The molecule has 3 aliphatic carbocycles. The molecule has 0 aromatic heterocycles. The summed E-state index contributed by atoms with van der Waals surface area (Å²) in [4.78, 5) is 38.5. The molecular formula is C31H33NO6. The zero-order valence-electron chi connectivity index (χ0n) is 22.0. The quantitative estimate of drug-likeness (QED) is 0.325. The molecule has 0 aliphatic heterocycles. The van der Waals surface area contributed by atoms with Crippen LogP contribution < -0.4 is 10.1 Å². The summed E-state index contributed by atoms with van der Waals surface area (Å²) in [7, 11) is 1.86. The van der Waals surface area contributed by atoms with Gasteiger partial charge in [0.15, 0.2) is 17.3 Å². The fraction of sp³-hybridized carbons (Fsp3) is 0.387. The number of Topliss-reactive ketones (excluding diaryl/α,β-unsaturated/α-hetero) is 3. The van der Waals surface area contributed by atoms with Crippen LogP contribution in [0, 0.1) is 17.8 Å². The minimum Gasteiger partial charge on any atom is -0.511 e. The molecule has 0 heterocycles. The van der Waals surface area contributed by atoms with Crippen molar-refractivity contribution >= 4 is 28.8 Å². The van der Waals surface area contributed by atoms with Crippen molar-refractivity contribution < 1.29 is 29.3 Å². The van der Waals surface area contributed by atoms with Crippen molar-refractivity contribution in [1.29, 1.82) is 0 Å². The van der Waals surface area contributed by atoms with Gasteiger partial charge in [-0.2, -0.15) is 0 Å². The molecule has 3 aliphatic rings. The molecule has 3 N–H and O–H groups in total. The molecule has 2 aromatic carbocycles. The van der Waals surface area contributed by atoms with Gasteiger partial charge in [-0.3, -0.25) is 14.4 Å². The van der Waals surface area contributed by atoms with Gasteiger partial charge in [0.2, 0.25) is 0 Å². The van der Waals surface area contributed by atoms with Gasteiger partial charge in [-0.05, 0) is 72.9 Å². The van der Waals surface area contributed by atoms with E-state index >= 15 is 0 Å². The molecule has 0 bridgehead atoms. The number of ether oxygens (including phenoxy) is 1. The molecule has 5 rings (SSSR count). The number of aliphatic hydroxyl groups is 2. The van der Waals surface area contributed by atoms with Gasteiger partial charge in [0, 0.05) is 24.7 Å². The standard InChI is InChI=1S/C31H33NO6/c1-4-5-12-38-24-11-10-21(17-6-8-20(32-3)9-7-17)22-14-18-13-19-15-23(34)25(16(2)33)29(35)27(19)30(36)26(18)31(37)28(22)24/h6-11,18-19,27,32,35,37H,4-5,12-15H2,1-3H3. The molecule has 0 saturated heterocycles. The first-order valence-corrected chi connectivity index (χ1v) is 13.3. The Labute approximate surface area is 222 Å². The van der Waals surface area contributed by atoms with Crippen LogP contribution >= 0.6 is 0 Å². The number of allylic oxidation sites excluding steroid dienone is 3. The fourth-order valence-electron chi connectivity index (χ4n) is 6.27. The molecule has 0 amide bonds. The number of hydrogen-bond donors (Lipinski definition) is 3. The highest BCUT2D eigenvalue weighted by atomic mass is 16.5. The lowest BCUT2D eigenvalue weighted by atomic mass is 9.61. The van der Waals surface area contributed by atoms with Gasteiger partial charge in [0.05, 0.1) is 23.7 Å². The highest BCUT2D eigenvalue weighted by Crippen LogP contribution is 2.51. The van der Waals surface area contributed by atoms with E-state index in [1.807, 2.05) is 43.4 Å². The van der Waals surface area contributed by atoms with Crippen molar-refractivity contribution in [2.75, 3.05) is 19.0 Å². The van der Waals surface area contributed by atoms with Gasteiger partial charge in [-0.1, -0.05) is 31.5 Å². The number of nitrogens with one attached hydrogen (secondary N) is 1. The molecule has 198 valence electrons. The average molecular weight is 516 g/mol. The Hall–Kier alpha value is -3.87. The van der Waals surface area contributed by atoms with E-state index in [0.717, 1.165) is 35.2 Å². The molecular weight excluding hydrogens is 482 g/mol. The highest BCUT2D eigenvalue weighted by Gasteiger charge is 2.50. The summed E-state index contributed by atoms with van der Waals surface area (Å²) in [5.41, 5.74) is 4.30. The second-order valence-corrected chi connectivity index (χ2v) is 10.4. The maximum Gasteiger partial charge on any atom is 0.173 e. The monoisotopic (exact) mass is 515 g/mol. The topological polar surface area (TPSA) is 113 Å². The smallest absolute Gasteiger partial charge is 0.173 e. The Bertz CT molecular complexity index is 1380. The van der Waals surface area contributed by atoms with Gasteiger partial charge in [0.1, 0.15) is 17.3 Å². The molecule has 1 fully saturated rings. The maximum absolute atomic E-state index is 13.8. The van der Waals surface area contributed by atoms with E-state index in [2.05, 4.69) is 12.2 Å². The molecule has 7 nitrogen and oxygen atoms in total. The van der Waals surface area contributed by atoms with Gasteiger partial charge in [-0.25, -0.2) is 0 Å². The van der Waals surface area contributed by atoms with E-state index in [-0.39, 0.29) is 29.2 Å². The summed E-state index contributed by atoms with van der Waals surface area (Å²) in [6.45, 7) is 3.78. The average Bonchev–Trinajstić information content (AvgIpc) is 2.88. The Morgan fingerprint density at radius 2 is 1.82 bits per heavy atom. The number of fused-ring (bicyclic) bond motifs is 3. The van der Waals surface area contributed by atoms with Gasteiger partial charge in [-0.15, -0.1) is 0 Å². The summed E-state index contributed by atoms with van der Waals surface area (Å²) < 4.78 is 6.08. The molecule has 7 heteroatoms. The van der Waals surface area contributed by atoms with Crippen molar-refractivity contribution in [3.05, 3.63) is 64.4 Å². The molecule has 3 atom stereocenters. The second-order valence-electron chi connectivity index (χ2n) is 10.4. The van der Waals surface area contributed by atoms with E-state index < -0.39 is 34.9 Å². The van der Waals surface area contributed by atoms with Gasteiger partial charge >= 0.3 is 0 Å². The number of carbonyl (C=O) groups excluding carboxylic acids is 3. The minimum atomic E-state index is -0.997. The van der Waals surface area contributed by atoms with E-state index in [4.69, 9.17) is 4.74 Å². The van der Waals surface area contributed by atoms with E-state index in [1.165, 1.54) is 6.92 Å². The number of rotatable bonds is 7. The molecule has 2 aromatic rings. The third-order valence-corrected chi connectivity index (χ3v) is 8.10. The molecule has 0 radical (unpaired) electrons. The Balaban J connectivity index is 1.65. The summed E-state index contributed by atoms with van der Waals surface area (Å²) in [6, 6.07) is 11.8. The second kappa shape index (κ2) is 10.1. The largest absolute Gasteiger partial charge is 0.511 e. The third-order valence-electron chi connectivity index (χ3n) is 8.10. The van der Waals surface area contributed by atoms with E-state index in [0.29, 0.717) is 30.8 Å². The summed E-state index contributed by atoms with van der Waals surface area (Å²) in [5.74, 6) is -3.17. The number of aliphatic hydroxyl groups excluding tert-OH is 2. The van der Waals surface area contributed by atoms with Crippen LogP contribution in [0.4, 0.5) is 5.69 Å². The zero-order valence-corrected chi connectivity index (χ0v) is 22.0. The first-order valence-electron chi connectivity index (χ1n) is 13.3. The lowest BCUT2D eigenvalue weighted by Crippen LogP contribution is -2.43. The number of ketones is 3. The predicted molar refractivity (Wildman–Crippen MR) is 145 cm³/mol. The summed E-state index contributed by atoms with van der Waals surface area (Å²) in [6.07, 6.45) is 2.79. The SMILES string of the molecule is CCCCOc1ccc(-c2ccc(NC)cc2)c2c1C(O)=C1C(=O)C3C(O)=C(C(C)=O)C(=O)CC3CC1C2. The number of hydrogen-bond acceptors (Lipinski definition) is 7. The molecule has 0 spiro atoms. The third kappa shape index (κ3) is 4.20. The van der Waals surface area contributed by atoms with Crippen molar-refractivity contribution in [2.24, 2.45) is 17.8 Å². The number of benzene rings is 2. The number of unbranched alkanes of at least 4 members (excludes halogenated alkanes) is 1. The Kier molecular flexibility index (Phi) is 6.86. The fourth-order valence-corrected chi connectivity index (χ4v) is 6.27. The van der Waals surface area contributed by atoms with Crippen molar-refractivity contribution in [1.82, 2.24) is 0 Å². The lowest BCUT2D eigenvalue weighted by molar-refractivity contribution is -0.127. The maximum atomic E-state index is 13.8. The zero-order chi connectivity index (χ0) is 27.1. The normalized spacial score (nSPS) is 22.6. The van der Waals surface area contributed by atoms with Crippen LogP contribution in [0.5, 0.6) is 5.75 Å². The number of anilines is 1. The van der Waals surface area contributed by atoms with Crippen LogP contribution in [-0.2, 0) is 20.8 Å². The van der Waals surface area contributed by atoms with Crippen LogP contribution in [-0.4, -0.2) is 41.2 Å². The van der Waals surface area contributed by atoms with Crippen molar-refractivity contribution in [3.8, 4) is 16.9 Å². The minimum absolute atomic E-state index is 0.0330.